The molecule has 7 heteroatoms. The summed E-state index contributed by atoms with van der Waals surface area (Å²) >= 11 is 16.9. The highest BCUT2D eigenvalue weighted by Crippen LogP contribution is 2.31. The second-order valence-electron chi connectivity index (χ2n) is 3.34. The van der Waals surface area contributed by atoms with E-state index < -0.39 is 0 Å². The van der Waals surface area contributed by atoms with Gasteiger partial charge in [-0.15, -0.1) is 0 Å². The molecule has 1 heterocycles. The van der Waals surface area contributed by atoms with Crippen molar-refractivity contribution < 1.29 is 0 Å². The summed E-state index contributed by atoms with van der Waals surface area (Å²) in [5.74, 6) is 0.439. The maximum absolute atomic E-state index is 6.07. The lowest BCUT2D eigenvalue weighted by atomic mass is 10.3. The zero-order valence-corrected chi connectivity index (χ0v) is 11.4. The normalized spacial score (nSPS) is 10.1. The van der Waals surface area contributed by atoms with Gasteiger partial charge < -0.3 is 11.1 Å². The van der Waals surface area contributed by atoms with Gasteiger partial charge in [0.15, 0.2) is 5.82 Å². The van der Waals surface area contributed by atoms with Crippen molar-refractivity contribution in [3.05, 3.63) is 46.3 Å². The lowest BCUT2D eigenvalue weighted by Gasteiger charge is -2.10. The first-order valence-electron chi connectivity index (χ1n) is 4.91. The molecule has 0 aliphatic carbocycles. The molecule has 0 bridgehead atoms. The monoisotopic (exact) mass is 298 g/mol. The van der Waals surface area contributed by atoms with Gasteiger partial charge in [0, 0.05) is 12.4 Å². The Morgan fingerprint density at radius 3 is 2.67 bits per heavy atom. The second-order valence-corrected chi connectivity index (χ2v) is 4.57. The van der Waals surface area contributed by atoms with Crippen LogP contribution in [-0.4, -0.2) is 15.0 Å². The van der Waals surface area contributed by atoms with E-state index in [0.717, 1.165) is 0 Å². The minimum atomic E-state index is 0.156. The van der Waals surface area contributed by atoms with E-state index in [4.69, 9.17) is 41.2 Å². The molecule has 2 aromatic rings. The summed E-state index contributed by atoms with van der Waals surface area (Å²) in [6, 6.07) is 5.24. The van der Waals surface area contributed by atoms with Crippen LogP contribution in [0.25, 0.3) is 0 Å². The number of nitrogens with zero attached hydrogens (tertiary/aromatic N) is 2. The molecule has 0 spiro atoms. The van der Waals surface area contributed by atoms with E-state index in [1.165, 1.54) is 12.4 Å². The fourth-order valence-corrected chi connectivity index (χ4v) is 1.83. The molecule has 4 nitrogen and oxygen atoms in total. The fourth-order valence-electron chi connectivity index (χ4n) is 1.34. The standard InChI is InChI=1S/C11H8Cl2N4S/c12-6-2-1-3-7(8(6)13)17-11-9(10(14)18)15-4-5-16-11/h1-5H,(H2,14,18)(H,16,17). The van der Waals surface area contributed by atoms with Crippen LogP contribution in [0.2, 0.25) is 10.0 Å². The van der Waals surface area contributed by atoms with Crippen LogP contribution in [0, 0.1) is 0 Å². The van der Waals surface area contributed by atoms with Gasteiger partial charge in [0.05, 0.1) is 15.7 Å². The first kappa shape index (κ1) is 13.0. The highest BCUT2D eigenvalue weighted by Gasteiger charge is 2.10. The average Bonchev–Trinajstić information content (AvgIpc) is 2.35. The molecule has 0 aliphatic heterocycles. The van der Waals surface area contributed by atoms with Crippen LogP contribution < -0.4 is 11.1 Å². The molecular weight excluding hydrogens is 291 g/mol. The van der Waals surface area contributed by atoms with E-state index in [-0.39, 0.29) is 4.99 Å². The van der Waals surface area contributed by atoms with Crippen molar-refractivity contribution in [2.45, 2.75) is 0 Å². The third-order valence-electron chi connectivity index (χ3n) is 2.14. The molecule has 0 radical (unpaired) electrons. The second kappa shape index (κ2) is 5.48. The Hall–Kier alpha value is -1.43. The fraction of sp³-hybridized carbons (Fsp3) is 0. The summed E-state index contributed by atoms with van der Waals surface area (Å²) in [5, 5.41) is 3.85. The number of aromatic nitrogens is 2. The number of benzene rings is 1. The molecule has 0 saturated carbocycles. The van der Waals surface area contributed by atoms with Crippen molar-refractivity contribution in [2.75, 3.05) is 5.32 Å². The zero-order valence-electron chi connectivity index (χ0n) is 9.02. The van der Waals surface area contributed by atoms with Crippen molar-refractivity contribution in [1.29, 1.82) is 0 Å². The van der Waals surface area contributed by atoms with Gasteiger partial charge in [0.2, 0.25) is 0 Å². The van der Waals surface area contributed by atoms with Gasteiger partial charge in [0.25, 0.3) is 0 Å². The van der Waals surface area contributed by atoms with E-state index in [9.17, 15) is 0 Å². The third kappa shape index (κ3) is 2.69. The van der Waals surface area contributed by atoms with Gasteiger partial charge in [-0.3, -0.25) is 0 Å². The van der Waals surface area contributed by atoms with Crippen molar-refractivity contribution in [3.8, 4) is 0 Å². The van der Waals surface area contributed by atoms with Gasteiger partial charge in [-0.25, -0.2) is 9.97 Å². The van der Waals surface area contributed by atoms with Crippen LogP contribution >= 0.6 is 35.4 Å². The number of hydrogen-bond donors (Lipinski definition) is 2. The lowest BCUT2D eigenvalue weighted by molar-refractivity contribution is 1.18. The van der Waals surface area contributed by atoms with E-state index in [1.54, 1.807) is 18.2 Å². The Kier molecular flexibility index (Phi) is 3.96. The number of hydrogen-bond acceptors (Lipinski definition) is 4. The smallest absolute Gasteiger partial charge is 0.159 e. The number of nitrogens with one attached hydrogen (secondary N) is 1. The Morgan fingerprint density at radius 2 is 1.94 bits per heavy atom. The Balaban J connectivity index is 2.40. The topological polar surface area (TPSA) is 63.8 Å². The molecule has 0 atom stereocenters. The van der Waals surface area contributed by atoms with Gasteiger partial charge in [0.1, 0.15) is 10.7 Å². The molecule has 0 saturated heterocycles. The van der Waals surface area contributed by atoms with Crippen LogP contribution in [0.4, 0.5) is 11.5 Å². The summed E-state index contributed by atoms with van der Waals surface area (Å²) in [7, 11) is 0. The molecule has 0 amide bonds. The lowest BCUT2D eigenvalue weighted by Crippen LogP contribution is -2.15. The summed E-state index contributed by atoms with van der Waals surface area (Å²) in [6.07, 6.45) is 3.04. The average molecular weight is 299 g/mol. The van der Waals surface area contributed by atoms with Crippen molar-refractivity contribution in [1.82, 2.24) is 9.97 Å². The van der Waals surface area contributed by atoms with Gasteiger partial charge in [-0.05, 0) is 12.1 Å². The molecule has 0 unspecified atom stereocenters. The molecular formula is C11H8Cl2N4S. The Morgan fingerprint density at radius 1 is 1.22 bits per heavy atom. The van der Waals surface area contributed by atoms with E-state index in [1.807, 2.05) is 0 Å². The number of anilines is 2. The largest absolute Gasteiger partial charge is 0.388 e. The van der Waals surface area contributed by atoms with Crippen LogP contribution in [-0.2, 0) is 0 Å². The van der Waals surface area contributed by atoms with Crippen molar-refractivity contribution >= 4 is 51.9 Å². The predicted molar refractivity (Wildman–Crippen MR) is 77.7 cm³/mol. The van der Waals surface area contributed by atoms with E-state index in [2.05, 4.69) is 15.3 Å². The molecule has 92 valence electrons. The third-order valence-corrected chi connectivity index (χ3v) is 3.15. The predicted octanol–water partition coefficient (Wildman–Crippen LogP) is 3.16. The molecule has 2 rings (SSSR count). The first-order valence-corrected chi connectivity index (χ1v) is 6.08. The Bertz CT molecular complexity index is 603. The number of nitrogens with two attached hydrogens (primary N) is 1. The summed E-state index contributed by atoms with van der Waals surface area (Å²) in [4.78, 5) is 8.34. The highest BCUT2D eigenvalue weighted by molar-refractivity contribution is 7.80. The van der Waals surface area contributed by atoms with Gasteiger partial charge >= 0.3 is 0 Å². The molecule has 18 heavy (non-hydrogen) atoms. The summed E-state index contributed by atoms with van der Waals surface area (Å²) < 4.78 is 0. The van der Waals surface area contributed by atoms with E-state index in [0.29, 0.717) is 27.2 Å². The molecule has 1 aromatic carbocycles. The van der Waals surface area contributed by atoms with Crippen LogP contribution in [0.1, 0.15) is 5.69 Å². The van der Waals surface area contributed by atoms with Crippen molar-refractivity contribution in [3.63, 3.8) is 0 Å². The molecule has 3 N–H and O–H groups in total. The highest BCUT2D eigenvalue weighted by atomic mass is 35.5. The summed E-state index contributed by atoms with van der Waals surface area (Å²) in [6.45, 7) is 0. The maximum atomic E-state index is 6.07. The van der Waals surface area contributed by atoms with Crippen molar-refractivity contribution in [2.24, 2.45) is 5.73 Å². The maximum Gasteiger partial charge on any atom is 0.159 e. The van der Waals surface area contributed by atoms with Gasteiger partial charge in [-0.1, -0.05) is 41.5 Å². The first-order chi connectivity index (χ1) is 8.59. The molecule has 1 aromatic heterocycles. The quantitative estimate of drug-likeness (QED) is 0.852. The number of thiocarbonyl (C=S) groups is 1. The Labute approximate surface area is 119 Å². The van der Waals surface area contributed by atoms with Gasteiger partial charge in [-0.2, -0.15) is 0 Å². The molecule has 0 fully saturated rings. The minimum absolute atomic E-state index is 0.156. The number of rotatable bonds is 3. The van der Waals surface area contributed by atoms with Crippen LogP contribution in [0.5, 0.6) is 0 Å². The SMILES string of the molecule is NC(=S)c1nccnc1Nc1cccc(Cl)c1Cl. The molecule has 0 aliphatic rings. The van der Waals surface area contributed by atoms with E-state index >= 15 is 0 Å². The summed E-state index contributed by atoms with van der Waals surface area (Å²) in [5.41, 5.74) is 6.59. The number of halogens is 2. The zero-order chi connectivity index (χ0) is 13.1. The van der Waals surface area contributed by atoms with Crippen LogP contribution in [0.15, 0.2) is 30.6 Å². The van der Waals surface area contributed by atoms with Crippen LogP contribution in [0.3, 0.4) is 0 Å². The minimum Gasteiger partial charge on any atom is -0.388 e.